The Morgan fingerprint density at radius 1 is 0.796 bits per heavy atom. The molecule has 0 fully saturated rings. The maximum atomic E-state index is 14.1. The molecule has 15 nitrogen and oxygen atoms in total. The van der Waals surface area contributed by atoms with Crippen molar-refractivity contribution in [3.05, 3.63) is 47.6 Å². The Morgan fingerprint density at radius 3 is 1.86 bits per heavy atom. The van der Waals surface area contributed by atoms with E-state index < -0.39 is 36.9 Å². The number of unbranched alkanes of at least 4 members (excludes halogenated alkanes) is 2. The number of carboxylic acids is 2. The topological polar surface area (TPSA) is 215 Å². The number of anilines is 1. The quantitative estimate of drug-likeness (QED) is 0.0692. The number of carbonyl (C=O) groups excluding carboxylic acids is 4. The van der Waals surface area contributed by atoms with Crippen molar-refractivity contribution in [2.45, 2.75) is 84.8 Å². The summed E-state index contributed by atoms with van der Waals surface area (Å²) in [5, 5.41) is 23.8. The van der Waals surface area contributed by atoms with Crippen LogP contribution >= 0.6 is 7.82 Å². The van der Waals surface area contributed by atoms with Crippen molar-refractivity contribution in [2.24, 2.45) is 0 Å². The zero-order valence-corrected chi connectivity index (χ0v) is 29.3. The predicted molar refractivity (Wildman–Crippen MR) is 180 cm³/mol. The Morgan fingerprint density at radius 2 is 1.33 bits per heavy atom. The first-order chi connectivity index (χ1) is 22.7. The summed E-state index contributed by atoms with van der Waals surface area (Å²) in [5.74, 6) is -4.62. The van der Waals surface area contributed by atoms with E-state index in [2.05, 4.69) is 10.6 Å². The van der Waals surface area contributed by atoms with Crippen LogP contribution in [0.2, 0.25) is 0 Å². The van der Waals surface area contributed by atoms with E-state index in [0.717, 1.165) is 29.2 Å². The normalized spacial score (nSPS) is 13.8. The third kappa shape index (κ3) is 15.0. The van der Waals surface area contributed by atoms with Crippen molar-refractivity contribution in [3.8, 4) is 5.75 Å². The van der Waals surface area contributed by atoms with Crippen LogP contribution in [0.25, 0.3) is 12.2 Å². The van der Waals surface area contributed by atoms with Gasteiger partial charge in [-0.25, -0.2) is 14.2 Å². The van der Waals surface area contributed by atoms with Crippen LogP contribution in [0.15, 0.2) is 36.4 Å². The third-order valence-corrected chi connectivity index (χ3v) is 8.08. The van der Waals surface area contributed by atoms with E-state index in [0.29, 0.717) is 19.3 Å². The third-order valence-electron chi connectivity index (χ3n) is 6.13. The first-order valence-corrected chi connectivity index (χ1v) is 16.9. The minimum atomic E-state index is -4.52. The summed E-state index contributed by atoms with van der Waals surface area (Å²) in [6.07, 6.45) is 7.84. The van der Waals surface area contributed by atoms with Crippen LogP contribution in [0.3, 0.4) is 0 Å². The minimum absolute atomic E-state index is 0.0449. The molecule has 268 valence electrons. The number of carbonyl (C=O) groups is 6. The van der Waals surface area contributed by atoms with Crippen molar-refractivity contribution in [2.75, 3.05) is 18.4 Å². The summed E-state index contributed by atoms with van der Waals surface area (Å²) in [7, 11) is -4.52. The lowest BCUT2D eigenvalue weighted by atomic mass is 10.1. The van der Waals surface area contributed by atoms with Gasteiger partial charge in [-0.1, -0.05) is 18.6 Å². The van der Waals surface area contributed by atoms with Crippen LogP contribution in [0.5, 0.6) is 5.75 Å². The number of benzene rings is 1. The first kappa shape index (κ1) is 40.6. The molecule has 0 aliphatic carbocycles. The number of imide groups is 1. The molecular weight excluding hydrogens is 661 g/mol. The average Bonchev–Trinajstić information content (AvgIpc) is 3.26. The summed E-state index contributed by atoms with van der Waals surface area (Å²) in [6.45, 7) is 9.86. The molecule has 49 heavy (non-hydrogen) atoms. The Kier molecular flexibility index (Phi) is 14.7. The molecule has 1 aromatic rings. The van der Waals surface area contributed by atoms with Crippen LogP contribution in [0.1, 0.15) is 84.8 Å². The van der Waals surface area contributed by atoms with Crippen molar-refractivity contribution < 1.29 is 57.1 Å². The van der Waals surface area contributed by atoms with E-state index in [1.54, 1.807) is 41.5 Å². The van der Waals surface area contributed by atoms with Gasteiger partial charge in [0.2, 0.25) is 11.8 Å². The molecule has 0 unspecified atom stereocenters. The van der Waals surface area contributed by atoms with Crippen LogP contribution in [-0.2, 0) is 42.4 Å². The van der Waals surface area contributed by atoms with Gasteiger partial charge in [0, 0.05) is 61.4 Å². The number of carboxylic acid groups (broad SMARTS) is 2. The molecule has 2 rings (SSSR count). The molecule has 4 amide bonds. The zero-order valence-electron chi connectivity index (χ0n) is 28.4. The van der Waals surface area contributed by atoms with E-state index >= 15 is 0 Å². The van der Waals surface area contributed by atoms with Gasteiger partial charge in [0.05, 0.1) is 16.9 Å². The number of hydrogen-bond donors (Lipinski definition) is 4. The second-order valence-electron chi connectivity index (χ2n) is 12.9. The molecule has 0 saturated heterocycles. The molecule has 1 aliphatic rings. The molecule has 0 saturated carbocycles. The van der Waals surface area contributed by atoms with Crippen LogP contribution < -0.4 is 15.2 Å². The van der Waals surface area contributed by atoms with Crippen molar-refractivity contribution in [1.82, 2.24) is 10.2 Å². The van der Waals surface area contributed by atoms with Gasteiger partial charge in [0.15, 0.2) is 5.75 Å². The number of amides is 4. The molecule has 0 radical (unpaired) electrons. The fourth-order valence-corrected chi connectivity index (χ4v) is 6.14. The second kappa shape index (κ2) is 17.7. The average molecular weight is 706 g/mol. The van der Waals surface area contributed by atoms with E-state index in [9.17, 15) is 43.5 Å². The van der Waals surface area contributed by atoms with Crippen LogP contribution in [-0.4, -0.2) is 75.0 Å². The number of aliphatic carboxylic acids is 2. The number of phosphoric ester groups is 1. The van der Waals surface area contributed by atoms with Crippen LogP contribution in [0, 0.1) is 0 Å². The van der Waals surface area contributed by atoms with Gasteiger partial charge in [-0.2, -0.15) is 0 Å². The van der Waals surface area contributed by atoms with Gasteiger partial charge < -0.3 is 25.4 Å². The highest BCUT2D eigenvalue weighted by molar-refractivity contribution is 7.49. The number of rotatable bonds is 18. The van der Waals surface area contributed by atoms with E-state index in [4.69, 9.17) is 13.6 Å². The van der Waals surface area contributed by atoms with E-state index in [1.165, 1.54) is 24.3 Å². The number of phosphoric acid groups is 1. The fourth-order valence-electron chi connectivity index (χ4n) is 4.26. The molecule has 1 aliphatic heterocycles. The van der Waals surface area contributed by atoms with Crippen molar-refractivity contribution in [3.63, 3.8) is 0 Å². The molecule has 1 aromatic carbocycles. The lowest BCUT2D eigenvalue weighted by Crippen LogP contribution is -2.31. The van der Waals surface area contributed by atoms with Gasteiger partial charge in [0.1, 0.15) is 0 Å². The SMILES string of the molecule is CC(C)(C)OP(=O)(Oc1c(/C=C/C(=O)O)ccc(/C=C/C(=O)O)c1NC(=O)CCNC(=O)CCCCCN1C(=O)C=CC1=O)OC(C)(C)C. The molecule has 1 heterocycles. The Labute approximate surface area is 285 Å². The largest absolute Gasteiger partial charge is 0.531 e. The molecule has 4 N–H and O–H groups in total. The van der Waals surface area contributed by atoms with Crippen molar-refractivity contribution >= 4 is 61.2 Å². The highest BCUT2D eigenvalue weighted by Crippen LogP contribution is 2.57. The molecule has 0 atom stereocenters. The smallest absolute Gasteiger partial charge is 0.478 e. The van der Waals surface area contributed by atoms with E-state index in [-0.39, 0.29) is 66.2 Å². The van der Waals surface area contributed by atoms with Gasteiger partial charge in [0.25, 0.3) is 11.8 Å². The molecule has 0 bridgehead atoms. The summed E-state index contributed by atoms with van der Waals surface area (Å²) >= 11 is 0. The molecule has 16 heteroatoms. The predicted octanol–water partition coefficient (Wildman–Crippen LogP) is 4.93. The first-order valence-electron chi connectivity index (χ1n) is 15.5. The lowest BCUT2D eigenvalue weighted by molar-refractivity contribution is -0.137. The summed E-state index contributed by atoms with van der Waals surface area (Å²) in [4.78, 5) is 72.6. The van der Waals surface area contributed by atoms with Gasteiger partial charge in [-0.05, 0) is 66.5 Å². The molecule has 0 aromatic heterocycles. The molecule has 0 spiro atoms. The number of nitrogens with one attached hydrogen (secondary N) is 2. The van der Waals surface area contributed by atoms with E-state index in [1.807, 2.05) is 0 Å². The maximum Gasteiger partial charge on any atom is 0.531 e. The Bertz CT molecular complexity index is 1530. The second-order valence-corrected chi connectivity index (χ2v) is 14.3. The van der Waals surface area contributed by atoms with Gasteiger partial charge >= 0.3 is 19.8 Å². The number of hydrogen-bond acceptors (Lipinski definition) is 10. The number of nitrogens with zero attached hydrogens (tertiary/aromatic N) is 1. The fraction of sp³-hybridized carbons (Fsp3) is 0.455. The monoisotopic (exact) mass is 705 g/mol. The Balaban J connectivity index is 2.26. The highest BCUT2D eigenvalue weighted by Gasteiger charge is 2.40. The van der Waals surface area contributed by atoms with Crippen molar-refractivity contribution in [1.29, 1.82) is 0 Å². The maximum absolute atomic E-state index is 14.1. The van der Waals surface area contributed by atoms with Gasteiger partial charge in [-0.3, -0.25) is 33.1 Å². The summed E-state index contributed by atoms with van der Waals surface area (Å²) < 4.78 is 31.4. The minimum Gasteiger partial charge on any atom is -0.478 e. The van der Waals surface area contributed by atoms with Crippen LogP contribution in [0.4, 0.5) is 5.69 Å². The standard InChI is InChI=1S/C33H44N3O12P/c1-32(2,3)47-49(45,48-33(4,5)6)46-31-23(14-18-29(43)44)12-11-22(13-17-28(41)42)30(31)35-25(38)19-20-34-24(37)10-8-7-9-21-36-26(39)15-16-27(36)40/h11-18H,7-10,19-21H2,1-6H3,(H,34,37)(H,35,38)(H,41,42)(H,43,44)/b17-13+,18-14+. The van der Waals surface area contributed by atoms with Gasteiger partial charge in [-0.15, -0.1) is 0 Å². The summed E-state index contributed by atoms with van der Waals surface area (Å²) in [5.41, 5.74) is -2.10. The summed E-state index contributed by atoms with van der Waals surface area (Å²) in [6, 6.07) is 2.78. The highest BCUT2D eigenvalue weighted by atomic mass is 31.2. The molecular formula is C33H44N3O12P. The Hall–Kier alpha value is -4.59. The zero-order chi connectivity index (χ0) is 37.0. The lowest BCUT2D eigenvalue weighted by Gasteiger charge is -2.31.